The van der Waals surface area contributed by atoms with E-state index in [1.165, 1.54) is 16.9 Å². The number of benzene rings is 2. The molecule has 0 saturated carbocycles. The van der Waals surface area contributed by atoms with Crippen LogP contribution in [0.2, 0.25) is 0 Å². The van der Waals surface area contributed by atoms with Crippen LogP contribution >= 0.6 is 11.3 Å². The predicted octanol–water partition coefficient (Wildman–Crippen LogP) is 6.97. The zero-order valence-electron chi connectivity index (χ0n) is 21.5. The molecule has 1 unspecified atom stereocenters. The molecule has 3 aromatic rings. The lowest BCUT2D eigenvalue weighted by molar-refractivity contribution is -0.117. The Morgan fingerprint density at radius 1 is 1.03 bits per heavy atom. The van der Waals surface area contributed by atoms with Gasteiger partial charge in [-0.1, -0.05) is 44.2 Å². The van der Waals surface area contributed by atoms with Crippen LogP contribution in [-0.2, 0) is 10.2 Å². The molecule has 2 aromatic carbocycles. The Labute approximate surface area is 212 Å². The van der Waals surface area contributed by atoms with Crippen molar-refractivity contribution < 1.29 is 9.59 Å². The van der Waals surface area contributed by atoms with Crippen molar-refractivity contribution in [1.29, 1.82) is 0 Å². The van der Waals surface area contributed by atoms with E-state index in [2.05, 4.69) is 68.7 Å². The highest BCUT2D eigenvalue weighted by Gasteiger charge is 2.47. The summed E-state index contributed by atoms with van der Waals surface area (Å²) in [5.74, 6) is -0.109. The van der Waals surface area contributed by atoms with Crippen molar-refractivity contribution in [3.8, 4) is 0 Å². The molecule has 2 amide bonds. The lowest BCUT2D eigenvalue weighted by Gasteiger charge is -2.51. The molecule has 1 atom stereocenters. The van der Waals surface area contributed by atoms with Gasteiger partial charge < -0.3 is 15.5 Å². The van der Waals surface area contributed by atoms with Crippen LogP contribution in [0.1, 0.15) is 73.1 Å². The van der Waals surface area contributed by atoms with Gasteiger partial charge in [-0.25, -0.2) is 0 Å². The van der Waals surface area contributed by atoms with Gasteiger partial charge in [-0.3, -0.25) is 9.59 Å². The number of carbonyl (C=O) groups is 2. The van der Waals surface area contributed by atoms with Crippen LogP contribution < -0.4 is 15.5 Å². The molecule has 2 heterocycles. The third-order valence-electron chi connectivity index (χ3n) is 6.87. The minimum Gasteiger partial charge on any atom is -0.383 e. The van der Waals surface area contributed by atoms with E-state index in [4.69, 9.17) is 0 Å². The third-order valence-corrected chi connectivity index (χ3v) is 7.87. The quantitative estimate of drug-likeness (QED) is 0.393. The normalized spacial score (nSPS) is 18.6. The summed E-state index contributed by atoms with van der Waals surface area (Å²) in [6.07, 6.45) is 1.70. The highest BCUT2D eigenvalue weighted by Crippen LogP contribution is 2.52. The van der Waals surface area contributed by atoms with E-state index in [1.54, 1.807) is 6.92 Å². The number of carbonyl (C=O) groups excluding carboxylic acids is 2. The van der Waals surface area contributed by atoms with Crippen molar-refractivity contribution in [2.45, 2.75) is 65.3 Å². The Morgan fingerprint density at radius 2 is 1.74 bits per heavy atom. The van der Waals surface area contributed by atoms with Crippen LogP contribution in [0.15, 0.2) is 54.6 Å². The summed E-state index contributed by atoms with van der Waals surface area (Å²) in [5, 5.41) is 6.64. The molecule has 1 aromatic heterocycles. The van der Waals surface area contributed by atoms with Crippen molar-refractivity contribution in [1.82, 2.24) is 0 Å². The van der Waals surface area contributed by atoms with Crippen LogP contribution in [0.5, 0.6) is 0 Å². The Kier molecular flexibility index (Phi) is 6.78. The number of nitrogens with one attached hydrogen (secondary N) is 2. The van der Waals surface area contributed by atoms with Gasteiger partial charge in [0, 0.05) is 29.3 Å². The maximum atomic E-state index is 13.1. The van der Waals surface area contributed by atoms with Gasteiger partial charge in [0.05, 0.1) is 21.9 Å². The van der Waals surface area contributed by atoms with E-state index >= 15 is 0 Å². The second-order valence-electron chi connectivity index (χ2n) is 10.2. The largest absolute Gasteiger partial charge is 0.383 e. The molecular formula is C29H35N3O2S. The molecule has 6 heteroatoms. The van der Waals surface area contributed by atoms with Gasteiger partial charge in [-0.15, -0.1) is 11.3 Å². The number of rotatable bonds is 6. The molecule has 1 aliphatic heterocycles. The monoisotopic (exact) mass is 489 g/mol. The standard InChI is InChI=1S/C29H35N3O2S/c1-7-15-30-23-17-25-22(16-24(23)31-27(34)26-14-13-19(2)35-26)29(6,21-11-9-8-10-12-21)18-28(4,5)32(25)20(3)33/h8-14,16-17,30H,7,15,18H2,1-6H3,(H,31,34). The third kappa shape index (κ3) is 4.72. The predicted molar refractivity (Wildman–Crippen MR) is 147 cm³/mol. The molecule has 184 valence electrons. The number of hydrogen-bond donors (Lipinski definition) is 2. The van der Waals surface area contributed by atoms with E-state index in [1.807, 2.05) is 36.1 Å². The van der Waals surface area contributed by atoms with E-state index < -0.39 is 0 Å². The molecule has 0 radical (unpaired) electrons. The molecule has 0 bridgehead atoms. The van der Waals surface area contributed by atoms with Crippen LogP contribution in [0.3, 0.4) is 0 Å². The topological polar surface area (TPSA) is 61.4 Å². The lowest BCUT2D eigenvalue weighted by atomic mass is 9.65. The van der Waals surface area contributed by atoms with Crippen molar-refractivity contribution >= 4 is 40.2 Å². The first-order chi connectivity index (χ1) is 16.6. The summed E-state index contributed by atoms with van der Waals surface area (Å²) in [4.78, 5) is 29.8. The first-order valence-electron chi connectivity index (χ1n) is 12.2. The van der Waals surface area contributed by atoms with Gasteiger partial charge in [0.2, 0.25) is 5.91 Å². The Bertz CT molecular complexity index is 1250. The van der Waals surface area contributed by atoms with Crippen molar-refractivity contribution in [3.05, 3.63) is 75.5 Å². The molecule has 35 heavy (non-hydrogen) atoms. The van der Waals surface area contributed by atoms with E-state index in [9.17, 15) is 9.59 Å². The number of nitrogens with zero attached hydrogens (tertiary/aromatic N) is 1. The average Bonchev–Trinajstić information content (AvgIpc) is 3.24. The molecule has 0 fully saturated rings. The van der Waals surface area contributed by atoms with Gasteiger partial charge in [-0.05, 0) is 69.0 Å². The zero-order valence-corrected chi connectivity index (χ0v) is 22.3. The molecule has 1 aliphatic rings. The molecule has 5 nitrogen and oxygen atoms in total. The Morgan fingerprint density at radius 3 is 2.34 bits per heavy atom. The lowest BCUT2D eigenvalue weighted by Crippen LogP contribution is -2.55. The highest BCUT2D eigenvalue weighted by molar-refractivity contribution is 7.14. The van der Waals surface area contributed by atoms with Gasteiger partial charge in [0.1, 0.15) is 0 Å². The summed E-state index contributed by atoms with van der Waals surface area (Å²) < 4.78 is 0. The zero-order chi connectivity index (χ0) is 25.4. The number of aryl methyl sites for hydroxylation is 1. The second kappa shape index (κ2) is 9.50. The first-order valence-corrected chi connectivity index (χ1v) is 13.0. The van der Waals surface area contributed by atoms with Crippen molar-refractivity contribution in [3.63, 3.8) is 0 Å². The number of amides is 2. The van der Waals surface area contributed by atoms with Gasteiger partial charge in [-0.2, -0.15) is 0 Å². The van der Waals surface area contributed by atoms with E-state index in [0.717, 1.165) is 46.9 Å². The summed E-state index contributed by atoms with van der Waals surface area (Å²) in [6, 6.07) is 18.4. The molecule has 0 saturated heterocycles. The number of anilines is 3. The second-order valence-corrected chi connectivity index (χ2v) is 11.5. The fourth-order valence-corrected chi connectivity index (χ4v) is 6.25. The minimum absolute atomic E-state index is 0.0126. The maximum Gasteiger partial charge on any atom is 0.265 e. The first kappa shape index (κ1) is 25.0. The Hall–Kier alpha value is -3.12. The van der Waals surface area contributed by atoms with Crippen LogP contribution in [0, 0.1) is 6.92 Å². The number of hydrogen-bond acceptors (Lipinski definition) is 4. The highest BCUT2D eigenvalue weighted by atomic mass is 32.1. The average molecular weight is 490 g/mol. The van der Waals surface area contributed by atoms with E-state index in [-0.39, 0.29) is 22.8 Å². The fourth-order valence-electron chi connectivity index (χ4n) is 5.49. The molecule has 4 rings (SSSR count). The molecule has 2 N–H and O–H groups in total. The Balaban J connectivity index is 1.92. The fraction of sp³-hybridized carbons (Fsp3) is 0.379. The maximum absolute atomic E-state index is 13.1. The molecular weight excluding hydrogens is 454 g/mol. The summed E-state index contributed by atoms with van der Waals surface area (Å²) >= 11 is 1.48. The SMILES string of the molecule is CCCNc1cc2c(cc1NC(=O)c1ccc(C)s1)C(C)(c1ccccc1)CC(C)(C)N2C(C)=O. The van der Waals surface area contributed by atoms with Crippen LogP contribution in [0.4, 0.5) is 17.1 Å². The van der Waals surface area contributed by atoms with Crippen molar-refractivity contribution in [2.75, 3.05) is 22.1 Å². The number of fused-ring (bicyclic) bond motifs is 1. The van der Waals surface area contributed by atoms with Gasteiger partial charge in [0.25, 0.3) is 5.91 Å². The molecule has 0 aliphatic carbocycles. The van der Waals surface area contributed by atoms with Crippen molar-refractivity contribution in [2.24, 2.45) is 0 Å². The molecule has 0 spiro atoms. The minimum atomic E-state index is -0.384. The van der Waals surface area contributed by atoms with Crippen LogP contribution in [-0.4, -0.2) is 23.9 Å². The van der Waals surface area contributed by atoms with Gasteiger partial charge >= 0.3 is 0 Å². The van der Waals surface area contributed by atoms with Gasteiger partial charge in [0.15, 0.2) is 0 Å². The smallest absolute Gasteiger partial charge is 0.265 e. The summed E-state index contributed by atoms with van der Waals surface area (Å²) in [5.41, 5.74) is 3.96. The van der Waals surface area contributed by atoms with Crippen LogP contribution in [0.25, 0.3) is 0 Å². The summed E-state index contributed by atoms with van der Waals surface area (Å²) in [6.45, 7) is 13.0. The van der Waals surface area contributed by atoms with E-state index in [0.29, 0.717) is 4.88 Å². The number of thiophene rings is 1. The summed E-state index contributed by atoms with van der Waals surface area (Å²) in [7, 11) is 0.